The lowest BCUT2D eigenvalue weighted by Gasteiger charge is -2.32. The molecule has 2 aliphatic rings. The van der Waals surface area contributed by atoms with Crippen LogP contribution >= 0.6 is 0 Å². The van der Waals surface area contributed by atoms with Gasteiger partial charge in [-0.25, -0.2) is 0 Å². The molecular formula is C15H31N3. The van der Waals surface area contributed by atoms with E-state index in [1.165, 1.54) is 71.4 Å². The zero-order valence-corrected chi connectivity index (χ0v) is 12.3. The van der Waals surface area contributed by atoms with Crippen LogP contribution in [0.5, 0.6) is 0 Å². The minimum atomic E-state index is 0.935. The van der Waals surface area contributed by atoms with Crippen LogP contribution in [0.25, 0.3) is 0 Å². The van der Waals surface area contributed by atoms with Gasteiger partial charge in [-0.3, -0.25) is 0 Å². The van der Waals surface area contributed by atoms with Crippen LogP contribution < -0.4 is 5.32 Å². The molecule has 106 valence electrons. The summed E-state index contributed by atoms with van der Waals surface area (Å²) in [7, 11) is 4.58. The van der Waals surface area contributed by atoms with Gasteiger partial charge >= 0.3 is 0 Å². The van der Waals surface area contributed by atoms with E-state index in [0.29, 0.717) is 0 Å². The third kappa shape index (κ3) is 4.87. The number of hydrogen-bond donors (Lipinski definition) is 1. The van der Waals surface area contributed by atoms with E-state index in [1.54, 1.807) is 0 Å². The molecule has 1 unspecified atom stereocenters. The summed E-state index contributed by atoms with van der Waals surface area (Å²) >= 11 is 0. The van der Waals surface area contributed by atoms with Gasteiger partial charge in [0.1, 0.15) is 0 Å². The number of piperidine rings is 2. The predicted molar refractivity (Wildman–Crippen MR) is 77.9 cm³/mol. The van der Waals surface area contributed by atoms with Crippen molar-refractivity contribution < 1.29 is 0 Å². The summed E-state index contributed by atoms with van der Waals surface area (Å²) in [5.41, 5.74) is 0. The lowest BCUT2D eigenvalue weighted by Crippen LogP contribution is -2.37. The minimum Gasteiger partial charge on any atom is -0.317 e. The van der Waals surface area contributed by atoms with Crippen LogP contribution in [0, 0.1) is 11.8 Å². The highest BCUT2D eigenvalue weighted by atomic mass is 15.1. The van der Waals surface area contributed by atoms with Crippen LogP contribution in [-0.2, 0) is 0 Å². The topological polar surface area (TPSA) is 18.5 Å². The molecule has 2 saturated heterocycles. The first-order chi connectivity index (χ1) is 8.74. The van der Waals surface area contributed by atoms with Crippen LogP contribution in [0.2, 0.25) is 0 Å². The molecule has 0 aliphatic carbocycles. The smallest absolute Gasteiger partial charge is 0.000756 e. The zero-order chi connectivity index (χ0) is 12.8. The fourth-order valence-electron chi connectivity index (χ4n) is 3.51. The van der Waals surface area contributed by atoms with Crippen molar-refractivity contribution in [3.63, 3.8) is 0 Å². The molecule has 0 radical (unpaired) electrons. The summed E-state index contributed by atoms with van der Waals surface area (Å²) in [6.07, 6.45) is 6.99. The molecule has 0 amide bonds. The van der Waals surface area contributed by atoms with Gasteiger partial charge in [0.2, 0.25) is 0 Å². The predicted octanol–water partition coefficient (Wildman–Crippen LogP) is 1.65. The van der Waals surface area contributed by atoms with E-state index < -0.39 is 0 Å². The molecule has 2 fully saturated rings. The summed E-state index contributed by atoms with van der Waals surface area (Å²) in [6, 6.07) is 0. The van der Waals surface area contributed by atoms with Gasteiger partial charge < -0.3 is 15.1 Å². The Balaban J connectivity index is 1.60. The Morgan fingerprint density at radius 3 is 2.67 bits per heavy atom. The lowest BCUT2D eigenvalue weighted by atomic mass is 9.94. The zero-order valence-electron chi connectivity index (χ0n) is 12.3. The largest absolute Gasteiger partial charge is 0.317 e. The molecular weight excluding hydrogens is 222 g/mol. The Hall–Kier alpha value is -0.120. The summed E-state index contributed by atoms with van der Waals surface area (Å²) in [5.74, 6) is 1.88. The molecule has 2 heterocycles. The van der Waals surface area contributed by atoms with E-state index in [4.69, 9.17) is 0 Å². The van der Waals surface area contributed by atoms with Gasteiger partial charge in [-0.05, 0) is 84.2 Å². The normalized spacial score (nSPS) is 27.8. The van der Waals surface area contributed by atoms with Crippen LogP contribution in [0.4, 0.5) is 0 Å². The molecule has 0 bridgehead atoms. The van der Waals surface area contributed by atoms with Gasteiger partial charge in [-0.1, -0.05) is 0 Å². The van der Waals surface area contributed by atoms with E-state index >= 15 is 0 Å². The third-order valence-corrected chi connectivity index (χ3v) is 4.67. The summed E-state index contributed by atoms with van der Waals surface area (Å²) in [6.45, 7) is 7.69. The molecule has 1 atom stereocenters. The maximum absolute atomic E-state index is 3.45. The van der Waals surface area contributed by atoms with Crippen molar-refractivity contribution in [2.45, 2.75) is 32.1 Å². The number of likely N-dealkylation sites (tertiary alicyclic amines) is 1. The number of rotatable bonds is 5. The fourth-order valence-corrected chi connectivity index (χ4v) is 3.51. The standard InChI is InChI=1S/C15H31N3/c1-17-10-3-4-14(12-17)7-11-18(2)13-15-5-8-16-9-6-15/h14-16H,3-13H2,1-2H3. The average Bonchev–Trinajstić information content (AvgIpc) is 2.38. The van der Waals surface area contributed by atoms with Crippen molar-refractivity contribution in [2.75, 3.05) is 53.4 Å². The second kappa shape index (κ2) is 7.46. The summed E-state index contributed by atoms with van der Waals surface area (Å²) in [4.78, 5) is 5.07. The van der Waals surface area contributed by atoms with Gasteiger partial charge in [0.15, 0.2) is 0 Å². The van der Waals surface area contributed by atoms with E-state index in [2.05, 4.69) is 29.2 Å². The maximum atomic E-state index is 3.45. The van der Waals surface area contributed by atoms with E-state index in [0.717, 1.165) is 11.8 Å². The van der Waals surface area contributed by atoms with Gasteiger partial charge in [-0.2, -0.15) is 0 Å². The Kier molecular flexibility index (Phi) is 5.93. The molecule has 0 saturated carbocycles. The Bertz CT molecular complexity index is 226. The molecule has 0 aromatic heterocycles. The second-order valence-corrected chi connectivity index (χ2v) is 6.51. The third-order valence-electron chi connectivity index (χ3n) is 4.67. The van der Waals surface area contributed by atoms with Crippen molar-refractivity contribution in [3.8, 4) is 0 Å². The fraction of sp³-hybridized carbons (Fsp3) is 1.00. The highest BCUT2D eigenvalue weighted by Gasteiger charge is 2.19. The van der Waals surface area contributed by atoms with Crippen LogP contribution in [0.1, 0.15) is 32.1 Å². The molecule has 0 spiro atoms. The van der Waals surface area contributed by atoms with Gasteiger partial charge in [0.25, 0.3) is 0 Å². The molecule has 2 rings (SSSR count). The number of nitrogens with zero attached hydrogens (tertiary/aromatic N) is 2. The highest BCUT2D eigenvalue weighted by Crippen LogP contribution is 2.19. The van der Waals surface area contributed by atoms with E-state index in [9.17, 15) is 0 Å². The van der Waals surface area contributed by atoms with Crippen LogP contribution in [-0.4, -0.2) is 63.2 Å². The lowest BCUT2D eigenvalue weighted by molar-refractivity contribution is 0.175. The Morgan fingerprint density at radius 1 is 1.17 bits per heavy atom. The number of nitrogens with one attached hydrogen (secondary N) is 1. The molecule has 1 N–H and O–H groups in total. The van der Waals surface area contributed by atoms with Crippen molar-refractivity contribution in [1.29, 1.82) is 0 Å². The van der Waals surface area contributed by atoms with Crippen LogP contribution in [0.3, 0.4) is 0 Å². The SMILES string of the molecule is CN1CCCC(CCN(C)CC2CCNCC2)C1. The van der Waals surface area contributed by atoms with Crippen molar-refractivity contribution in [1.82, 2.24) is 15.1 Å². The van der Waals surface area contributed by atoms with Crippen LogP contribution in [0.15, 0.2) is 0 Å². The first-order valence-corrected chi connectivity index (χ1v) is 7.82. The Labute approximate surface area is 113 Å². The van der Waals surface area contributed by atoms with Gasteiger partial charge in [-0.15, -0.1) is 0 Å². The summed E-state index contributed by atoms with van der Waals surface area (Å²) < 4.78 is 0. The van der Waals surface area contributed by atoms with E-state index in [-0.39, 0.29) is 0 Å². The van der Waals surface area contributed by atoms with Gasteiger partial charge in [0.05, 0.1) is 0 Å². The first-order valence-electron chi connectivity index (χ1n) is 7.82. The quantitative estimate of drug-likeness (QED) is 0.804. The second-order valence-electron chi connectivity index (χ2n) is 6.51. The minimum absolute atomic E-state index is 0.935. The Morgan fingerprint density at radius 2 is 1.94 bits per heavy atom. The molecule has 0 aromatic rings. The maximum Gasteiger partial charge on any atom is 0.000756 e. The molecule has 2 aliphatic heterocycles. The average molecular weight is 253 g/mol. The molecule has 3 heteroatoms. The molecule has 3 nitrogen and oxygen atoms in total. The van der Waals surface area contributed by atoms with Crippen molar-refractivity contribution >= 4 is 0 Å². The van der Waals surface area contributed by atoms with Gasteiger partial charge in [0, 0.05) is 13.1 Å². The highest BCUT2D eigenvalue weighted by molar-refractivity contribution is 4.74. The number of hydrogen-bond acceptors (Lipinski definition) is 3. The van der Waals surface area contributed by atoms with Crippen molar-refractivity contribution in [2.24, 2.45) is 11.8 Å². The van der Waals surface area contributed by atoms with E-state index in [1.807, 2.05) is 0 Å². The monoisotopic (exact) mass is 253 g/mol. The first kappa shape index (κ1) is 14.3. The molecule has 0 aromatic carbocycles. The summed E-state index contributed by atoms with van der Waals surface area (Å²) in [5, 5.41) is 3.45. The molecule has 18 heavy (non-hydrogen) atoms. The van der Waals surface area contributed by atoms with Crippen molar-refractivity contribution in [3.05, 3.63) is 0 Å².